The molecule has 1 saturated carbocycles. The Morgan fingerprint density at radius 3 is 2.40 bits per heavy atom. The van der Waals surface area contributed by atoms with Gasteiger partial charge < -0.3 is 15.5 Å². The number of nitrogens with one attached hydrogen (secondary N) is 2. The van der Waals surface area contributed by atoms with Crippen LogP contribution in [0.4, 0.5) is 28.0 Å². The van der Waals surface area contributed by atoms with Crippen molar-refractivity contribution in [3.63, 3.8) is 0 Å². The van der Waals surface area contributed by atoms with Crippen molar-refractivity contribution in [3.05, 3.63) is 58.1 Å². The number of hydrogen-bond acceptors (Lipinski definition) is 4. The molecule has 8 nitrogen and oxygen atoms in total. The molecule has 2 aliphatic rings. The van der Waals surface area contributed by atoms with E-state index in [9.17, 15) is 35.6 Å². The van der Waals surface area contributed by atoms with Gasteiger partial charge in [-0.1, -0.05) is 23.2 Å². The number of likely N-dealkylation sites (tertiary alicyclic amines) is 1. The number of nitrogens with zero attached hydrogens (tertiary/aromatic N) is 2. The third-order valence-corrected chi connectivity index (χ3v) is 9.02. The average molecular weight is 625 g/mol. The summed E-state index contributed by atoms with van der Waals surface area (Å²) in [6, 6.07) is 6.18. The molecular formula is C25H26Cl2F4N4O4S. The molecule has 15 heteroatoms. The Balaban J connectivity index is 1.55. The number of carbonyl (C=O) groups is 2. The summed E-state index contributed by atoms with van der Waals surface area (Å²) in [6.45, 7) is -0.143. The Morgan fingerprint density at radius 2 is 1.77 bits per heavy atom. The minimum absolute atomic E-state index is 0.165. The van der Waals surface area contributed by atoms with Crippen LogP contribution in [0, 0.1) is 5.92 Å². The van der Waals surface area contributed by atoms with Crippen molar-refractivity contribution >= 4 is 50.9 Å². The predicted octanol–water partition coefficient (Wildman–Crippen LogP) is 4.86. The normalized spacial score (nSPS) is 21.1. The molecule has 2 aromatic rings. The number of anilines is 1. The van der Waals surface area contributed by atoms with Crippen molar-refractivity contribution < 1.29 is 35.6 Å². The van der Waals surface area contributed by atoms with Gasteiger partial charge in [0.15, 0.2) is 0 Å². The van der Waals surface area contributed by atoms with Gasteiger partial charge >= 0.3 is 12.2 Å². The minimum atomic E-state index is -4.79. The number of alkyl halides is 4. The van der Waals surface area contributed by atoms with Gasteiger partial charge in [0.2, 0.25) is 5.91 Å². The fourth-order valence-electron chi connectivity index (χ4n) is 4.36. The number of piperidine rings is 1. The van der Waals surface area contributed by atoms with E-state index in [1.54, 1.807) is 0 Å². The standard InChI is InChI=1S/C25H26Cl2F4N4O4S/c26-17-4-6-18(7-5-17)40(38,39)35(22-10-16(25(29,30)31)3-8-19(22)27)14-23(36)34-9-1-2-15(13-34)12-32-24(37)33-21-11-20(21)28/h3-8,10,15,20-21H,1-2,9,11-14H2,(H2,32,33,37)/t15?,20-,21-/m1/s1. The molecule has 1 aliphatic carbocycles. The fourth-order valence-corrected chi connectivity index (χ4v) is 6.18. The number of urea groups is 1. The Hall–Kier alpha value is -2.77. The van der Waals surface area contributed by atoms with E-state index < -0.39 is 58.1 Å². The average Bonchev–Trinajstić information content (AvgIpc) is 3.59. The first kappa shape index (κ1) is 30.2. The van der Waals surface area contributed by atoms with Gasteiger partial charge in [-0.2, -0.15) is 13.2 Å². The highest BCUT2D eigenvalue weighted by atomic mass is 35.5. The second kappa shape index (κ2) is 12.0. The number of halogens is 6. The molecule has 3 amide bonds. The van der Waals surface area contributed by atoms with Gasteiger partial charge in [-0.3, -0.25) is 9.10 Å². The highest BCUT2D eigenvalue weighted by molar-refractivity contribution is 7.92. The lowest BCUT2D eigenvalue weighted by Gasteiger charge is -2.35. The molecule has 3 atom stereocenters. The van der Waals surface area contributed by atoms with Gasteiger partial charge in [0.1, 0.15) is 12.7 Å². The van der Waals surface area contributed by atoms with E-state index >= 15 is 0 Å². The van der Waals surface area contributed by atoms with Crippen LogP contribution in [-0.4, -0.2) is 63.6 Å². The predicted molar refractivity (Wildman–Crippen MR) is 142 cm³/mol. The van der Waals surface area contributed by atoms with E-state index in [2.05, 4.69) is 10.6 Å². The summed E-state index contributed by atoms with van der Waals surface area (Å²) in [5, 5.41) is 5.09. The van der Waals surface area contributed by atoms with Gasteiger partial charge in [0.05, 0.1) is 27.2 Å². The van der Waals surface area contributed by atoms with E-state index in [4.69, 9.17) is 23.2 Å². The molecule has 0 spiro atoms. The maximum absolute atomic E-state index is 13.6. The minimum Gasteiger partial charge on any atom is -0.341 e. The number of amides is 3. The third kappa shape index (κ3) is 7.29. The van der Waals surface area contributed by atoms with Crippen LogP contribution in [0.2, 0.25) is 10.0 Å². The van der Waals surface area contributed by atoms with Crippen LogP contribution in [0.25, 0.3) is 0 Å². The molecule has 0 aromatic heterocycles. The first-order chi connectivity index (χ1) is 18.8. The van der Waals surface area contributed by atoms with Crippen molar-refractivity contribution in [3.8, 4) is 0 Å². The molecular weight excluding hydrogens is 599 g/mol. The zero-order chi connectivity index (χ0) is 29.2. The molecule has 2 N–H and O–H groups in total. The second-order valence-corrected chi connectivity index (χ2v) is 12.4. The summed E-state index contributed by atoms with van der Waals surface area (Å²) in [7, 11) is -4.56. The van der Waals surface area contributed by atoms with Crippen molar-refractivity contribution in [2.45, 2.75) is 42.5 Å². The largest absolute Gasteiger partial charge is 0.416 e. The summed E-state index contributed by atoms with van der Waals surface area (Å²) in [5.74, 6) is -0.819. The number of benzene rings is 2. The van der Waals surface area contributed by atoms with E-state index in [0.717, 1.165) is 12.1 Å². The zero-order valence-corrected chi connectivity index (χ0v) is 23.3. The molecule has 218 valence electrons. The molecule has 1 heterocycles. The molecule has 1 unspecified atom stereocenters. The smallest absolute Gasteiger partial charge is 0.341 e. The lowest BCUT2D eigenvalue weighted by atomic mass is 9.98. The van der Waals surface area contributed by atoms with Crippen LogP contribution >= 0.6 is 23.2 Å². The van der Waals surface area contributed by atoms with Crippen LogP contribution in [0.15, 0.2) is 47.4 Å². The molecule has 0 bridgehead atoms. The summed E-state index contributed by atoms with van der Waals surface area (Å²) < 4.78 is 81.3. The number of sulfonamides is 1. The lowest BCUT2D eigenvalue weighted by molar-refractivity contribution is -0.137. The zero-order valence-electron chi connectivity index (χ0n) is 20.9. The molecule has 0 radical (unpaired) electrons. The van der Waals surface area contributed by atoms with Crippen LogP contribution in [0.3, 0.4) is 0 Å². The van der Waals surface area contributed by atoms with Gasteiger partial charge in [-0.25, -0.2) is 17.6 Å². The first-order valence-electron chi connectivity index (χ1n) is 12.4. The van der Waals surface area contributed by atoms with Crippen LogP contribution in [0.5, 0.6) is 0 Å². The van der Waals surface area contributed by atoms with Gasteiger partial charge in [-0.15, -0.1) is 0 Å². The Morgan fingerprint density at radius 1 is 1.10 bits per heavy atom. The van der Waals surface area contributed by atoms with Crippen molar-refractivity contribution in [2.24, 2.45) is 5.92 Å². The number of carbonyl (C=O) groups excluding carboxylic acids is 2. The van der Waals surface area contributed by atoms with Crippen molar-refractivity contribution in [2.75, 3.05) is 30.5 Å². The summed E-state index contributed by atoms with van der Waals surface area (Å²) in [6.07, 6.45) is -4.34. The summed E-state index contributed by atoms with van der Waals surface area (Å²) in [5.41, 5.74) is -1.64. The van der Waals surface area contributed by atoms with Gasteiger partial charge in [0.25, 0.3) is 10.0 Å². The quantitative estimate of drug-likeness (QED) is 0.410. The molecule has 2 aromatic carbocycles. The SMILES string of the molecule is O=C(NCC1CCCN(C(=O)CN(c2cc(C(F)(F)F)ccc2Cl)S(=O)(=O)c2ccc(Cl)cc2)C1)N[C@@H]1C[C@H]1F. The van der Waals surface area contributed by atoms with Crippen LogP contribution in [-0.2, 0) is 21.0 Å². The molecule has 40 heavy (non-hydrogen) atoms. The maximum Gasteiger partial charge on any atom is 0.416 e. The summed E-state index contributed by atoms with van der Waals surface area (Å²) >= 11 is 12.1. The van der Waals surface area contributed by atoms with Crippen LogP contribution < -0.4 is 14.9 Å². The topological polar surface area (TPSA) is 98.8 Å². The van der Waals surface area contributed by atoms with E-state index in [1.165, 1.54) is 29.2 Å². The summed E-state index contributed by atoms with van der Waals surface area (Å²) in [4.78, 5) is 26.4. The van der Waals surface area contributed by atoms with Crippen molar-refractivity contribution in [1.29, 1.82) is 0 Å². The Kier molecular flexibility index (Phi) is 9.05. The van der Waals surface area contributed by atoms with E-state index in [1.807, 2.05) is 0 Å². The molecule has 2 fully saturated rings. The Bertz CT molecular complexity index is 1360. The van der Waals surface area contributed by atoms with Crippen molar-refractivity contribution in [1.82, 2.24) is 15.5 Å². The monoisotopic (exact) mass is 624 g/mol. The molecule has 1 saturated heterocycles. The van der Waals surface area contributed by atoms with E-state index in [0.29, 0.717) is 23.2 Å². The fraction of sp³-hybridized carbons (Fsp3) is 0.440. The first-order valence-corrected chi connectivity index (χ1v) is 14.6. The van der Waals surface area contributed by atoms with Crippen LogP contribution in [0.1, 0.15) is 24.8 Å². The second-order valence-electron chi connectivity index (χ2n) is 9.69. The highest BCUT2D eigenvalue weighted by Crippen LogP contribution is 2.37. The Labute approximate surface area is 238 Å². The number of hydrogen-bond donors (Lipinski definition) is 2. The van der Waals surface area contributed by atoms with Gasteiger partial charge in [0, 0.05) is 31.1 Å². The van der Waals surface area contributed by atoms with Gasteiger partial charge in [-0.05, 0) is 61.2 Å². The number of rotatable bonds is 8. The molecule has 4 rings (SSSR count). The third-order valence-electron chi connectivity index (χ3n) is 6.67. The maximum atomic E-state index is 13.6. The lowest BCUT2D eigenvalue weighted by Crippen LogP contribution is -2.49. The molecule has 1 aliphatic heterocycles. The highest BCUT2D eigenvalue weighted by Gasteiger charge is 2.39. The van der Waals surface area contributed by atoms with E-state index in [-0.39, 0.29) is 46.9 Å².